The fourth-order valence-electron chi connectivity index (χ4n) is 1.86. The molecule has 0 amide bonds. The van der Waals surface area contributed by atoms with Crippen LogP contribution in [-0.2, 0) is 0 Å². The van der Waals surface area contributed by atoms with Crippen LogP contribution in [-0.4, -0.2) is 49.3 Å². The number of aliphatic hydroxyl groups excluding tert-OH is 1. The van der Waals surface area contributed by atoms with E-state index in [9.17, 15) is 5.11 Å². The lowest BCUT2D eigenvalue weighted by molar-refractivity contribution is 0.121. The van der Waals surface area contributed by atoms with Crippen molar-refractivity contribution in [2.75, 3.05) is 27.2 Å². The molecule has 78 valence electrons. The fraction of sp³-hybridized carbons (Fsp3) is 1.00. The van der Waals surface area contributed by atoms with Crippen LogP contribution in [0.4, 0.5) is 0 Å². The van der Waals surface area contributed by atoms with Gasteiger partial charge in [-0.05, 0) is 52.9 Å². The second kappa shape index (κ2) is 5.58. The van der Waals surface area contributed by atoms with Gasteiger partial charge in [-0.3, -0.25) is 0 Å². The third kappa shape index (κ3) is 4.07. The number of nitrogens with one attached hydrogen (secondary N) is 1. The maximum absolute atomic E-state index is 9.78. The van der Waals surface area contributed by atoms with Crippen LogP contribution in [0.3, 0.4) is 0 Å². The summed E-state index contributed by atoms with van der Waals surface area (Å²) in [4.78, 5) is 2.16. The molecule has 2 N–H and O–H groups in total. The Morgan fingerprint density at radius 1 is 1.54 bits per heavy atom. The maximum atomic E-state index is 9.78. The summed E-state index contributed by atoms with van der Waals surface area (Å²) < 4.78 is 0. The third-order valence-corrected chi connectivity index (χ3v) is 2.67. The summed E-state index contributed by atoms with van der Waals surface area (Å²) in [5.74, 6) is 0. The highest BCUT2D eigenvalue weighted by Crippen LogP contribution is 2.12. The molecule has 0 aromatic rings. The van der Waals surface area contributed by atoms with E-state index in [4.69, 9.17) is 0 Å². The molecule has 0 unspecified atom stereocenters. The Labute approximate surface area is 81.1 Å². The van der Waals surface area contributed by atoms with E-state index >= 15 is 0 Å². The zero-order chi connectivity index (χ0) is 9.68. The molecule has 0 aromatic heterocycles. The van der Waals surface area contributed by atoms with Gasteiger partial charge in [-0.15, -0.1) is 0 Å². The van der Waals surface area contributed by atoms with Crippen LogP contribution in [0.25, 0.3) is 0 Å². The molecule has 1 aliphatic heterocycles. The molecule has 3 nitrogen and oxygen atoms in total. The minimum Gasteiger partial charge on any atom is -0.392 e. The van der Waals surface area contributed by atoms with Crippen molar-refractivity contribution in [3.63, 3.8) is 0 Å². The van der Waals surface area contributed by atoms with E-state index in [1.54, 1.807) is 0 Å². The molecule has 2 atom stereocenters. The van der Waals surface area contributed by atoms with E-state index in [0.717, 1.165) is 32.4 Å². The zero-order valence-electron chi connectivity index (χ0n) is 8.79. The Kier molecular flexibility index (Phi) is 4.70. The Balaban J connectivity index is 2.06. The molecule has 0 aliphatic carbocycles. The molecule has 0 radical (unpaired) electrons. The summed E-state index contributed by atoms with van der Waals surface area (Å²) >= 11 is 0. The molecule has 13 heavy (non-hydrogen) atoms. The third-order valence-electron chi connectivity index (χ3n) is 2.67. The highest BCUT2D eigenvalue weighted by molar-refractivity contribution is 4.81. The average Bonchev–Trinajstić information content (AvgIpc) is 2.55. The largest absolute Gasteiger partial charge is 0.392 e. The summed E-state index contributed by atoms with van der Waals surface area (Å²) in [5.41, 5.74) is 0. The van der Waals surface area contributed by atoms with Crippen molar-refractivity contribution in [2.45, 2.75) is 37.8 Å². The first kappa shape index (κ1) is 11.0. The standard InChI is InChI=1S/C10H22N2O/c1-12(2)8-4-6-10(13)9-5-3-7-11-9/h9-11,13H,3-8H2,1-2H3/t9-,10+/m0/s1. The first-order valence-corrected chi connectivity index (χ1v) is 5.26. The van der Waals surface area contributed by atoms with Crippen molar-refractivity contribution in [1.82, 2.24) is 10.2 Å². The molecule has 3 heteroatoms. The second-order valence-corrected chi connectivity index (χ2v) is 4.22. The van der Waals surface area contributed by atoms with Gasteiger partial charge in [-0.1, -0.05) is 0 Å². The molecule has 0 spiro atoms. The van der Waals surface area contributed by atoms with E-state index in [0.29, 0.717) is 6.04 Å². The number of nitrogens with zero attached hydrogens (tertiary/aromatic N) is 1. The summed E-state index contributed by atoms with van der Waals surface area (Å²) in [6.45, 7) is 2.15. The van der Waals surface area contributed by atoms with Crippen molar-refractivity contribution < 1.29 is 5.11 Å². The topological polar surface area (TPSA) is 35.5 Å². The summed E-state index contributed by atoms with van der Waals surface area (Å²) in [5, 5.41) is 13.1. The molecule has 1 rings (SSSR count). The van der Waals surface area contributed by atoms with Gasteiger partial charge in [0, 0.05) is 6.04 Å². The normalized spacial score (nSPS) is 25.4. The Morgan fingerprint density at radius 3 is 2.85 bits per heavy atom. The number of aliphatic hydroxyl groups is 1. The molecule has 1 heterocycles. The molecule has 0 bridgehead atoms. The Bertz CT molecular complexity index is 133. The SMILES string of the molecule is CN(C)CCC[C@@H](O)[C@@H]1CCCN1. The molecular formula is C10H22N2O. The van der Waals surface area contributed by atoms with E-state index in [1.165, 1.54) is 6.42 Å². The van der Waals surface area contributed by atoms with E-state index in [-0.39, 0.29) is 6.10 Å². The molecule has 0 aromatic carbocycles. The van der Waals surface area contributed by atoms with Crippen LogP contribution in [0.15, 0.2) is 0 Å². The van der Waals surface area contributed by atoms with Crippen LogP contribution in [0.1, 0.15) is 25.7 Å². The van der Waals surface area contributed by atoms with Gasteiger partial charge in [0.15, 0.2) is 0 Å². The minimum absolute atomic E-state index is 0.137. The summed E-state index contributed by atoms with van der Waals surface area (Å²) in [6.07, 6.45) is 4.24. The number of rotatable bonds is 5. The fourth-order valence-corrected chi connectivity index (χ4v) is 1.86. The summed E-state index contributed by atoms with van der Waals surface area (Å²) in [7, 11) is 4.14. The zero-order valence-corrected chi connectivity index (χ0v) is 8.79. The van der Waals surface area contributed by atoms with Crippen LogP contribution in [0, 0.1) is 0 Å². The van der Waals surface area contributed by atoms with Gasteiger partial charge in [0.05, 0.1) is 6.10 Å². The lowest BCUT2D eigenvalue weighted by Gasteiger charge is -2.19. The van der Waals surface area contributed by atoms with Gasteiger partial charge in [0.2, 0.25) is 0 Å². The Hall–Kier alpha value is -0.120. The predicted octanol–water partition coefficient (Wildman–Crippen LogP) is 0.441. The molecule has 1 aliphatic rings. The maximum Gasteiger partial charge on any atom is 0.0693 e. The first-order chi connectivity index (χ1) is 6.20. The van der Waals surface area contributed by atoms with Crippen LogP contribution < -0.4 is 5.32 Å². The van der Waals surface area contributed by atoms with Gasteiger partial charge in [-0.2, -0.15) is 0 Å². The van der Waals surface area contributed by atoms with Crippen LogP contribution >= 0.6 is 0 Å². The highest BCUT2D eigenvalue weighted by atomic mass is 16.3. The van der Waals surface area contributed by atoms with E-state index in [1.807, 2.05) is 0 Å². The second-order valence-electron chi connectivity index (χ2n) is 4.22. The number of hydrogen-bond donors (Lipinski definition) is 2. The van der Waals surface area contributed by atoms with Gasteiger partial charge < -0.3 is 15.3 Å². The minimum atomic E-state index is -0.137. The van der Waals surface area contributed by atoms with Gasteiger partial charge >= 0.3 is 0 Å². The van der Waals surface area contributed by atoms with Crippen molar-refractivity contribution in [2.24, 2.45) is 0 Å². The van der Waals surface area contributed by atoms with Crippen LogP contribution in [0.5, 0.6) is 0 Å². The lowest BCUT2D eigenvalue weighted by atomic mass is 10.0. The van der Waals surface area contributed by atoms with Gasteiger partial charge in [0.1, 0.15) is 0 Å². The lowest BCUT2D eigenvalue weighted by Crippen LogP contribution is -2.35. The van der Waals surface area contributed by atoms with Crippen molar-refractivity contribution >= 4 is 0 Å². The number of hydrogen-bond acceptors (Lipinski definition) is 3. The smallest absolute Gasteiger partial charge is 0.0693 e. The molecular weight excluding hydrogens is 164 g/mol. The van der Waals surface area contributed by atoms with Crippen molar-refractivity contribution in [1.29, 1.82) is 0 Å². The molecule has 1 saturated heterocycles. The van der Waals surface area contributed by atoms with Gasteiger partial charge in [0.25, 0.3) is 0 Å². The molecule has 1 fully saturated rings. The van der Waals surface area contributed by atoms with E-state index in [2.05, 4.69) is 24.3 Å². The Morgan fingerprint density at radius 2 is 2.31 bits per heavy atom. The van der Waals surface area contributed by atoms with Crippen molar-refractivity contribution in [3.05, 3.63) is 0 Å². The van der Waals surface area contributed by atoms with Gasteiger partial charge in [-0.25, -0.2) is 0 Å². The first-order valence-electron chi connectivity index (χ1n) is 5.26. The molecule has 0 saturated carbocycles. The van der Waals surface area contributed by atoms with Crippen LogP contribution in [0.2, 0.25) is 0 Å². The quantitative estimate of drug-likeness (QED) is 0.654. The summed E-state index contributed by atoms with van der Waals surface area (Å²) in [6, 6.07) is 0.363. The van der Waals surface area contributed by atoms with Crippen molar-refractivity contribution in [3.8, 4) is 0 Å². The average molecular weight is 186 g/mol. The highest BCUT2D eigenvalue weighted by Gasteiger charge is 2.21. The monoisotopic (exact) mass is 186 g/mol. The van der Waals surface area contributed by atoms with E-state index < -0.39 is 0 Å². The predicted molar refractivity (Wildman–Crippen MR) is 54.8 cm³/mol.